The predicted octanol–water partition coefficient (Wildman–Crippen LogP) is 4.06. The Bertz CT molecular complexity index is 1130. The molecule has 1 amide bonds. The Hall–Kier alpha value is -3.90. The number of nitrogens with two attached hydrogens (primary N) is 1. The number of carboxylic acid groups (broad SMARTS) is 1. The summed E-state index contributed by atoms with van der Waals surface area (Å²) in [7, 11) is 0. The van der Waals surface area contributed by atoms with E-state index in [4.69, 9.17) is 15.2 Å². The van der Waals surface area contributed by atoms with Crippen LogP contribution in [0.3, 0.4) is 0 Å². The summed E-state index contributed by atoms with van der Waals surface area (Å²) in [6.45, 7) is 5.76. The van der Waals surface area contributed by atoms with Crippen LogP contribution in [-0.4, -0.2) is 23.6 Å². The van der Waals surface area contributed by atoms with E-state index in [1.54, 1.807) is 36.6 Å². The largest absolute Gasteiger partial charge is 0.493 e. The van der Waals surface area contributed by atoms with E-state index in [1.807, 2.05) is 6.07 Å². The summed E-state index contributed by atoms with van der Waals surface area (Å²) in [6.07, 6.45) is 0.337. The second-order valence-electron chi connectivity index (χ2n) is 7.01. The summed E-state index contributed by atoms with van der Waals surface area (Å²) in [6, 6.07) is 11.4. The number of nitriles is 1. The maximum Gasteiger partial charge on any atom is 0.311 e. The molecule has 9 heteroatoms. The van der Waals surface area contributed by atoms with Gasteiger partial charge in [0.1, 0.15) is 23.3 Å². The lowest BCUT2D eigenvalue weighted by molar-refractivity contribution is -0.139. The number of carbonyl (C=O) groups is 2. The lowest BCUT2D eigenvalue weighted by atomic mass is 9.91. The number of nitrogens with one attached hydrogen (secondary N) is 1. The molecule has 2 aromatic rings. The number of nitrogens with zero attached hydrogens (tertiary/aromatic N) is 1. The molecular weight excluding hydrogens is 430 g/mol. The zero-order valence-electron chi connectivity index (χ0n) is 17.3. The number of hydrogen-bond donors (Lipinski definition) is 3. The van der Waals surface area contributed by atoms with E-state index in [9.17, 15) is 20.0 Å². The monoisotopic (exact) mass is 451 g/mol. The predicted molar refractivity (Wildman–Crippen MR) is 120 cm³/mol. The smallest absolute Gasteiger partial charge is 0.311 e. The van der Waals surface area contributed by atoms with Crippen molar-refractivity contribution in [3.8, 4) is 23.3 Å². The van der Waals surface area contributed by atoms with Crippen LogP contribution in [-0.2, 0) is 4.79 Å². The lowest BCUT2D eigenvalue weighted by Crippen LogP contribution is -2.21. The zero-order valence-corrected chi connectivity index (χ0v) is 18.1. The molecule has 4 N–H and O–H groups in total. The van der Waals surface area contributed by atoms with Crippen molar-refractivity contribution in [2.75, 3.05) is 6.61 Å². The molecule has 0 saturated carbocycles. The molecule has 1 aliphatic rings. The molecule has 1 heterocycles. The lowest BCUT2D eigenvalue weighted by Gasteiger charge is -2.24. The van der Waals surface area contributed by atoms with Crippen LogP contribution in [0.15, 0.2) is 59.1 Å². The van der Waals surface area contributed by atoms with Crippen molar-refractivity contribution in [3.63, 3.8) is 0 Å². The quantitative estimate of drug-likeness (QED) is 0.574. The summed E-state index contributed by atoms with van der Waals surface area (Å²) in [4.78, 5) is 23.8. The van der Waals surface area contributed by atoms with Crippen molar-refractivity contribution in [3.05, 3.63) is 75.8 Å². The molecule has 8 nitrogen and oxygen atoms in total. The van der Waals surface area contributed by atoms with Gasteiger partial charge in [-0.05, 0) is 49.1 Å². The second-order valence-corrected chi connectivity index (χ2v) is 7.97. The number of carboxylic acids is 1. The Morgan fingerprint density at radius 3 is 2.72 bits per heavy atom. The zero-order chi connectivity index (χ0) is 23.3. The van der Waals surface area contributed by atoms with Gasteiger partial charge >= 0.3 is 5.97 Å². The Morgan fingerprint density at radius 1 is 1.38 bits per heavy atom. The number of carbonyl (C=O) groups excluding carboxylic acids is 1. The first kappa shape index (κ1) is 22.8. The second kappa shape index (κ2) is 9.94. The Labute approximate surface area is 189 Å². The number of ether oxygens (including phenoxy) is 2. The number of hydrogen-bond acceptors (Lipinski definition) is 7. The fraction of sp³-hybridized carbons (Fsp3) is 0.174. The minimum absolute atomic E-state index is 0.193. The molecule has 164 valence electrons. The molecule has 1 unspecified atom stereocenters. The van der Waals surface area contributed by atoms with Gasteiger partial charge in [-0.15, -0.1) is 0 Å². The Kier molecular flexibility index (Phi) is 7.07. The highest BCUT2D eigenvalue weighted by Gasteiger charge is 2.29. The van der Waals surface area contributed by atoms with E-state index >= 15 is 0 Å². The van der Waals surface area contributed by atoms with Gasteiger partial charge in [0.15, 0.2) is 0 Å². The van der Waals surface area contributed by atoms with Crippen LogP contribution in [0.4, 0.5) is 0 Å². The Morgan fingerprint density at radius 2 is 2.09 bits per heavy atom. The van der Waals surface area contributed by atoms with Crippen LogP contribution in [0, 0.1) is 11.3 Å². The summed E-state index contributed by atoms with van der Waals surface area (Å²) in [5.74, 6) is -1.00. The third-order valence-corrected chi connectivity index (χ3v) is 5.43. The SMILES string of the molecule is C=C(NC(=O)c1ccc(Oc2cc3c(cc2C#N)C(C(=O)O)CCO3)cc1)S/C=C(/C)N. The molecular formula is C23H21N3O5S. The van der Waals surface area contributed by atoms with Gasteiger partial charge in [0, 0.05) is 22.9 Å². The third kappa shape index (κ3) is 5.42. The topological polar surface area (TPSA) is 135 Å². The van der Waals surface area contributed by atoms with Crippen LogP contribution < -0.4 is 20.5 Å². The molecule has 0 radical (unpaired) electrons. The minimum Gasteiger partial charge on any atom is -0.493 e. The van der Waals surface area contributed by atoms with Gasteiger partial charge in [-0.25, -0.2) is 0 Å². The summed E-state index contributed by atoms with van der Waals surface area (Å²) in [5.41, 5.74) is 7.21. The number of rotatable bonds is 7. The summed E-state index contributed by atoms with van der Waals surface area (Å²) in [5, 5.41) is 23.7. The van der Waals surface area contributed by atoms with Crippen molar-refractivity contribution in [2.24, 2.45) is 5.73 Å². The maximum atomic E-state index is 12.3. The minimum atomic E-state index is -0.962. The Balaban J connectivity index is 1.75. The van der Waals surface area contributed by atoms with Gasteiger partial charge in [-0.2, -0.15) is 5.26 Å². The fourth-order valence-corrected chi connectivity index (χ4v) is 3.52. The molecule has 2 aromatic carbocycles. The molecule has 32 heavy (non-hydrogen) atoms. The summed E-state index contributed by atoms with van der Waals surface area (Å²) >= 11 is 1.21. The number of thioether (sulfide) groups is 1. The van der Waals surface area contributed by atoms with Crippen molar-refractivity contribution in [1.29, 1.82) is 5.26 Å². The average molecular weight is 452 g/mol. The molecule has 0 bridgehead atoms. The molecule has 1 atom stereocenters. The normalized spacial score (nSPS) is 15.0. The van der Waals surface area contributed by atoms with E-state index in [1.165, 1.54) is 23.9 Å². The molecule has 0 saturated heterocycles. The van der Waals surface area contributed by atoms with Crippen LogP contribution >= 0.6 is 11.8 Å². The maximum absolute atomic E-state index is 12.3. The van der Waals surface area contributed by atoms with E-state index in [0.29, 0.717) is 39.8 Å². The van der Waals surface area contributed by atoms with Crippen LogP contribution in [0.5, 0.6) is 17.2 Å². The highest BCUT2D eigenvalue weighted by atomic mass is 32.2. The first-order chi connectivity index (χ1) is 15.3. The van der Waals surface area contributed by atoms with E-state index in [-0.39, 0.29) is 23.8 Å². The van der Waals surface area contributed by atoms with Gasteiger partial charge in [0.2, 0.25) is 0 Å². The highest BCUT2D eigenvalue weighted by Crippen LogP contribution is 2.39. The third-order valence-electron chi connectivity index (χ3n) is 4.55. The van der Waals surface area contributed by atoms with E-state index < -0.39 is 11.9 Å². The number of aliphatic carboxylic acids is 1. The van der Waals surface area contributed by atoms with Crippen LogP contribution in [0.1, 0.15) is 40.7 Å². The molecule has 1 aliphatic heterocycles. The van der Waals surface area contributed by atoms with Gasteiger partial charge < -0.3 is 25.6 Å². The highest BCUT2D eigenvalue weighted by molar-refractivity contribution is 8.05. The van der Waals surface area contributed by atoms with Crippen molar-refractivity contribution in [1.82, 2.24) is 5.32 Å². The molecule has 0 aromatic heterocycles. The van der Waals surface area contributed by atoms with Crippen molar-refractivity contribution >= 4 is 23.6 Å². The summed E-state index contributed by atoms with van der Waals surface area (Å²) < 4.78 is 11.4. The van der Waals surface area contributed by atoms with Gasteiger partial charge in [-0.1, -0.05) is 18.3 Å². The average Bonchev–Trinajstić information content (AvgIpc) is 2.77. The first-order valence-corrected chi connectivity index (χ1v) is 10.5. The standard InChI is InChI=1S/C23H21N3O5S/c1-13(25)12-32-14(2)26-22(27)15-3-5-17(6-4-15)31-20-10-21-19(9-16(20)11-24)18(23(28)29)7-8-30-21/h3-6,9-10,12,18H,2,7-8,25H2,1H3,(H,26,27)(H,28,29)/b13-12-. The molecule has 0 fully saturated rings. The number of allylic oxidation sites excluding steroid dienone is 1. The van der Waals surface area contributed by atoms with Gasteiger partial charge in [0.25, 0.3) is 5.91 Å². The van der Waals surface area contributed by atoms with Crippen molar-refractivity contribution in [2.45, 2.75) is 19.3 Å². The fourth-order valence-electron chi connectivity index (χ4n) is 3.04. The van der Waals surface area contributed by atoms with Crippen LogP contribution in [0.25, 0.3) is 0 Å². The van der Waals surface area contributed by atoms with E-state index in [0.717, 1.165) is 0 Å². The number of fused-ring (bicyclic) bond motifs is 1. The molecule has 3 rings (SSSR count). The van der Waals surface area contributed by atoms with Gasteiger partial charge in [-0.3, -0.25) is 9.59 Å². The molecule has 0 aliphatic carbocycles. The van der Waals surface area contributed by atoms with E-state index in [2.05, 4.69) is 11.9 Å². The first-order valence-electron chi connectivity index (χ1n) is 9.59. The number of amides is 1. The number of benzene rings is 2. The molecule has 0 spiro atoms. The van der Waals surface area contributed by atoms with Crippen molar-refractivity contribution < 1.29 is 24.2 Å². The van der Waals surface area contributed by atoms with Crippen LogP contribution in [0.2, 0.25) is 0 Å². The van der Waals surface area contributed by atoms with Gasteiger partial charge in [0.05, 0.1) is 23.1 Å².